The second kappa shape index (κ2) is 9.67. The van der Waals surface area contributed by atoms with Crippen LogP contribution >= 0.6 is 12.4 Å². The van der Waals surface area contributed by atoms with Gasteiger partial charge in [0.05, 0.1) is 0 Å². The molecule has 0 aliphatic carbocycles. The van der Waals surface area contributed by atoms with Crippen LogP contribution in [0, 0.1) is 0 Å². The van der Waals surface area contributed by atoms with E-state index in [4.69, 9.17) is 4.74 Å². The van der Waals surface area contributed by atoms with Crippen molar-refractivity contribution >= 4 is 18.4 Å². The van der Waals surface area contributed by atoms with Gasteiger partial charge in [0.2, 0.25) is 0 Å². The number of carbonyl (C=O) groups is 1. The van der Waals surface area contributed by atoms with Crippen LogP contribution in [-0.2, 0) is 9.53 Å². The summed E-state index contributed by atoms with van der Waals surface area (Å²) in [5, 5.41) is 0. The first-order valence-corrected chi connectivity index (χ1v) is 5.63. The van der Waals surface area contributed by atoms with Crippen LogP contribution in [0.1, 0.15) is 40.5 Å². The van der Waals surface area contributed by atoms with Crippen molar-refractivity contribution in [2.75, 3.05) is 13.1 Å². The molecule has 0 spiro atoms. The summed E-state index contributed by atoms with van der Waals surface area (Å²) in [7, 11) is 0. The van der Waals surface area contributed by atoms with Gasteiger partial charge >= 0.3 is 5.97 Å². The third-order valence-corrected chi connectivity index (χ3v) is 2.16. The molecule has 3 nitrogen and oxygen atoms in total. The maximum atomic E-state index is 11.3. The Labute approximate surface area is 105 Å². The molecule has 4 heteroatoms. The molecule has 0 aliphatic rings. The van der Waals surface area contributed by atoms with Gasteiger partial charge in [-0.3, -0.25) is 4.90 Å². The summed E-state index contributed by atoms with van der Waals surface area (Å²) in [5.41, 5.74) is 0.454. The zero-order chi connectivity index (χ0) is 11.8. The van der Waals surface area contributed by atoms with Crippen LogP contribution in [-0.4, -0.2) is 30.2 Å². The fourth-order valence-electron chi connectivity index (χ4n) is 1.38. The summed E-state index contributed by atoms with van der Waals surface area (Å²) in [4.78, 5) is 13.5. The fourth-order valence-corrected chi connectivity index (χ4v) is 1.38. The predicted octanol–water partition coefficient (Wildman–Crippen LogP) is 3.00. The molecule has 0 bridgehead atoms. The van der Waals surface area contributed by atoms with Crippen LogP contribution in [0.4, 0.5) is 0 Å². The average molecular weight is 250 g/mol. The minimum Gasteiger partial charge on any atom is -0.443 e. The molecule has 0 fully saturated rings. The first-order chi connectivity index (χ1) is 7.02. The fraction of sp³-hybridized carbons (Fsp3) is 0.750. The Hall–Kier alpha value is -0.540. The lowest BCUT2D eigenvalue weighted by atomic mass is 10.3. The van der Waals surface area contributed by atoms with E-state index in [0.29, 0.717) is 5.57 Å². The van der Waals surface area contributed by atoms with Crippen molar-refractivity contribution in [3.63, 3.8) is 0 Å². The maximum absolute atomic E-state index is 11.3. The van der Waals surface area contributed by atoms with E-state index < -0.39 is 0 Å². The van der Waals surface area contributed by atoms with E-state index in [1.54, 1.807) is 6.92 Å². The minimum absolute atomic E-state index is 0. The summed E-state index contributed by atoms with van der Waals surface area (Å²) in [6.45, 7) is 13.3. The standard InChI is InChI=1S/C12H23NO2.ClH/c1-6-8-13(9-7-2)11(5)15-12(14)10(3)4;/h11H,3,6-9H2,1-2,4-5H3;1H. The molecule has 0 amide bonds. The Balaban J connectivity index is 0. The molecule has 0 saturated carbocycles. The van der Waals surface area contributed by atoms with Crippen LogP contribution in [0.25, 0.3) is 0 Å². The quantitative estimate of drug-likeness (QED) is 0.395. The lowest BCUT2D eigenvalue weighted by Crippen LogP contribution is -2.37. The second-order valence-corrected chi connectivity index (χ2v) is 3.82. The zero-order valence-corrected chi connectivity index (χ0v) is 11.6. The van der Waals surface area contributed by atoms with Gasteiger partial charge in [-0.25, -0.2) is 4.79 Å². The van der Waals surface area contributed by atoms with Crippen LogP contribution in [0.2, 0.25) is 0 Å². The smallest absolute Gasteiger partial charge is 0.334 e. The molecule has 0 heterocycles. The van der Waals surface area contributed by atoms with Gasteiger partial charge < -0.3 is 4.74 Å². The van der Waals surface area contributed by atoms with Crippen molar-refractivity contribution in [1.82, 2.24) is 4.90 Å². The van der Waals surface area contributed by atoms with E-state index in [0.717, 1.165) is 25.9 Å². The molecule has 0 radical (unpaired) electrons. The number of hydrogen-bond acceptors (Lipinski definition) is 3. The highest BCUT2D eigenvalue weighted by Crippen LogP contribution is 2.06. The number of rotatable bonds is 7. The number of carbonyl (C=O) groups excluding carboxylic acids is 1. The SMILES string of the molecule is C=C(C)C(=O)OC(C)N(CCC)CCC.Cl. The van der Waals surface area contributed by atoms with Crippen molar-refractivity contribution in [1.29, 1.82) is 0 Å². The van der Waals surface area contributed by atoms with Gasteiger partial charge in [-0.15, -0.1) is 12.4 Å². The molecule has 1 unspecified atom stereocenters. The molecule has 96 valence electrons. The highest BCUT2D eigenvalue weighted by Gasteiger charge is 2.16. The molecule has 1 atom stereocenters. The third kappa shape index (κ3) is 6.85. The van der Waals surface area contributed by atoms with Crippen molar-refractivity contribution < 1.29 is 9.53 Å². The molecular formula is C12H24ClNO2. The van der Waals surface area contributed by atoms with E-state index >= 15 is 0 Å². The number of ether oxygens (including phenoxy) is 1. The van der Waals surface area contributed by atoms with Crippen molar-refractivity contribution in [2.24, 2.45) is 0 Å². The van der Waals surface area contributed by atoms with Gasteiger partial charge in [0.15, 0.2) is 6.23 Å². The van der Waals surface area contributed by atoms with E-state index in [2.05, 4.69) is 25.3 Å². The van der Waals surface area contributed by atoms with E-state index in [1.807, 2.05) is 6.92 Å². The molecule has 0 aromatic carbocycles. The van der Waals surface area contributed by atoms with Gasteiger partial charge in [0, 0.05) is 18.7 Å². The molecule has 0 aromatic heterocycles. The van der Waals surface area contributed by atoms with E-state index in [9.17, 15) is 4.79 Å². The monoisotopic (exact) mass is 249 g/mol. The van der Waals surface area contributed by atoms with Crippen LogP contribution in [0.5, 0.6) is 0 Å². The largest absolute Gasteiger partial charge is 0.443 e. The van der Waals surface area contributed by atoms with Gasteiger partial charge in [-0.1, -0.05) is 20.4 Å². The predicted molar refractivity (Wildman–Crippen MR) is 69.8 cm³/mol. The first kappa shape index (κ1) is 17.8. The van der Waals surface area contributed by atoms with Gasteiger partial charge in [0.1, 0.15) is 0 Å². The molecular weight excluding hydrogens is 226 g/mol. The maximum Gasteiger partial charge on any atom is 0.334 e. The van der Waals surface area contributed by atoms with E-state index in [1.165, 1.54) is 0 Å². The van der Waals surface area contributed by atoms with Gasteiger partial charge in [-0.05, 0) is 26.7 Å². The Morgan fingerprint density at radius 3 is 2.06 bits per heavy atom. The average Bonchev–Trinajstić information content (AvgIpc) is 2.17. The van der Waals surface area contributed by atoms with Gasteiger partial charge in [-0.2, -0.15) is 0 Å². The van der Waals surface area contributed by atoms with Crippen molar-refractivity contribution in [2.45, 2.75) is 46.8 Å². The lowest BCUT2D eigenvalue weighted by molar-refractivity contribution is -0.152. The molecule has 0 aliphatic heterocycles. The topological polar surface area (TPSA) is 29.5 Å². The third-order valence-electron chi connectivity index (χ3n) is 2.16. The highest BCUT2D eigenvalue weighted by atomic mass is 35.5. The minimum atomic E-state index is -0.306. The Kier molecular flexibility index (Phi) is 10.8. The molecule has 0 saturated heterocycles. The van der Waals surface area contributed by atoms with E-state index in [-0.39, 0.29) is 24.6 Å². The Bertz CT molecular complexity index is 213. The molecule has 16 heavy (non-hydrogen) atoms. The van der Waals surface area contributed by atoms with Crippen molar-refractivity contribution in [3.05, 3.63) is 12.2 Å². The highest BCUT2D eigenvalue weighted by molar-refractivity contribution is 5.87. The van der Waals surface area contributed by atoms with Crippen molar-refractivity contribution in [3.8, 4) is 0 Å². The molecule has 0 rings (SSSR count). The zero-order valence-electron chi connectivity index (χ0n) is 10.8. The van der Waals surface area contributed by atoms with Gasteiger partial charge in [0.25, 0.3) is 0 Å². The van der Waals surface area contributed by atoms with Crippen LogP contribution in [0.15, 0.2) is 12.2 Å². The number of esters is 1. The Morgan fingerprint density at radius 1 is 1.31 bits per heavy atom. The Morgan fingerprint density at radius 2 is 1.75 bits per heavy atom. The summed E-state index contributed by atoms with van der Waals surface area (Å²) >= 11 is 0. The van der Waals surface area contributed by atoms with Crippen LogP contribution in [0.3, 0.4) is 0 Å². The lowest BCUT2D eigenvalue weighted by Gasteiger charge is -2.27. The summed E-state index contributed by atoms with van der Waals surface area (Å²) < 4.78 is 5.27. The molecule has 0 aromatic rings. The summed E-state index contributed by atoms with van der Waals surface area (Å²) in [6.07, 6.45) is 1.97. The number of nitrogens with zero attached hydrogens (tertiary/aromatic N) is 1. The normalized spacial score (nSPS) is 11.8. The van der Waals surface area contributed by atoms with Crippen LogP contribution < -0.4 is 0 Å². The first-order valence-electron chi connectivity index (χ1n) is 5.63. The second-order valence-electron chi connectivity index (χ2n) is 3.82. The number of halogens is 1. The molecule has 0 N–H and O–H groups in total. The summed E-state index contributed by atoms with van der Waals surface area (Å²) in [6, 6.07) is 0. The number of hydrogen-bond donors (Lipinski definition) is 0. The summed E-state index contributed by atoms with van der Waals surface area (Å²) in [5.74, 6) is -0.306.